The average Bonchev–Trinajstić information content (AvgIpc) is 1.65. The van der Waals surface area contributed by atoms with Crippen LogP contribution in [0.4, 0.5) is 8.78 Å². The summed E-state index contributed by atoms with van der Waals surface area (Å²) in [5, 5.41) is 32.1. The van der Waals surface area contributed by atoms with Crippen LogP contribution in [0.3, 0.4) is 0 Å². The first kappa shape index (κ1) is 76.0. The van der Waals surface area contributed by atoms with E-state index in [2.05, 4.69) is 28.5 Å². The van der Waals surface area contributed by atoms with Gasteiger partial charge in [-0.3, -0.25) is 29.1 Å². The lowest BCUT2D eigenvalue weighted by Crippen LogP contribution is -2.47. The second-order valence-electron chi connectivity index (χ2n) is 27.6. The van der Waals surface area contributed by atoms with Gasteiger partial charge in [-0.05, 0) is 240 Å². The van der Waals surface area contributed by atoms with Crippen LogP contribution in [0.1, 0.15) is 115 Å². The van der Waals surface area contributed by atoms with E-state index in [0.29, 0.717) is 101 Å². The van der Waals surface area contributed by atoms with Crippen molar-refractivity contribution in [2.75, 3.05) is 78.7 Å². The van der Waals surface area contributed by atoms with E-state index in [9.17, 15) is 38.5 Å². The fourth-order valence-corrected chi connectivity index (χ4v) is 17.2. The molecule has 0 unspecified atom stereocenters. The Hall–Kier alpha value is -10.2. The number of fused-ring (bicyclic) bond motifs is 3. The molecule has 0 saturated carbocycles. The second-order valence-corrected chi connectivity index (χ2v) is 30.8. The summed E-state index contributed by atoms with van der Waals surface area (Å²) in [4.78, 5) is 49.0. The average molecular weight is 1510 g/mol. The molecule has 3 aliphatic rings. The molecule has 3 aromatic heterocycles. The Labute approximate surface area is 639 Å². The molecule has 0 bridgehead atoms. The number of ketones is 3. The maximum Gasteiger partial charge on any atom is 0.207 e. The molecule has 1 atom stereocenters. The van der Waals surface area contributed by atoms with Crippen LogP contribution >= 0.6 is 34.0 Å². The summed E-state index contributed by atoms with van der Waals surface area (Å²) in [5.74, 6) is 5.85. The van der Waals surface area contributed by atoms with Crippen LogP contribution in [0.5, 0.6) is 69.0 Å². The van der Waals surface area contributed by atoms with E-state index in [-0.39, 0.29) is 46.0 Å². The first-order chi connectivity index (χ1) is 52.4. The number of ether oxygens (including phenoxy) is 6. The molecule has 108 heavy (non-hydrogen) atoms. The van der Waals surface area contributed by atoms with Gasteiger partial charge in [0.2, 0.25) is 17.3 Å². The van der Waals surface area contributed by atoms with Crippen molar-refractivity contribution in [3.05, 3.63) is 248 Å². The smallest absolute Gasteiger partial charge is 0.207 e. The Balaban J connectivity index is 0.000000143. The lowest BCUT2D eigenvalue weighted by molar-refractivity contribution is 0.0806. The summed E-state index contributed by atoms with van der Waals surface area (Å²) in [7, 11) is 0. The minimum Gasteiger partial charge on any atom is -0.508 e. The van der Waals surface area contributed by atoms with Crippen LogP contribution in [0.15, 0.2) is 188 Å². The Morgan fingerprint density at radius 2 is 0.843 bits per heavy atom. The van der Waals surface area contributed by atoms with Gasteiger partial charge in [0.05, 0.1) is 0 Å². The SMILES string of the molecule is CCC1CN(CCOc2ccc(Oc3c(C(=O)c4cccc(F)c4)sc4cc(O)ccc34)cc2)C1.CC[C@H]1CCN(CCOc2ccc(Oc3c(C(=O)c4c(C)cc(F)cc4C)sc4cc(O)ccc34)cc2)C1.Cc1ccccc1C(=O)c1sc2cc(O)ccc2c1Oc1ccc(OCCN2CCCCC2)cc1. The largest absolute Gasteiger partial charge is 0.508 e. The predicted octanol–water partition coefficient (Wildman–Crippen LogP) is 20.8. The van der Waals surface area contributed by atoms with Gasteiger partial charge >= 0.3 is 0 Å². The first-order valence-corrected chi connectivity index (χ1v) is 39.2. The van der Waals surface area contributed by atoms with Gasteiger partial charge in [-0.2, -0.15) is 0 Å². The van der Waals surface area contributed by atoms with Crippen molar-refractivity contribution in [3.63, 3.8) is 0 Å². The second kappa shape index (κ2) is 35.2. The van der Waals surface area contributed by atoms with Gasteiger partial charge in [0, 0.05) is 86.2 Å². The molecule has 0 aliphatic carbocycles. The summed E-state index contributed by atoms with van der Waals surface area (Å²) < 4.78 is 66.4. The number of nitrogens with zero attached hydrogens (tertiary/aromatic N) is 3. The highest BCUT2D eigenvalue weighted by Crippen LogP contribution is 2.47. The van der Waals surface area contributed by atoms with Crippen molar-refractivity contribution in [3.8, 4) is 69.0 Å². The highest BCUT2D eigenvalue weighted by molar-refractivity contribution is 7.22. The number of hydrogen-bond acceptors (Lipinski definition) is 18. The molecule has 3 saturated heterocycles. The number of carbonyl (C=O) groups is 3. The Morgan fingerprint density at radius 3 is 1.30 bits per heavy atom. The number of piperidine rings is 1. The number of phenolic OH excluding ortho intramolecular Hbond substituents is 3. The number of benzene rings is 9. The molecule has 0 radical (unpaired) electrons. The summed E-state index contributed by atoms with van der Waals surface area (Å²) in [6.45, 7) is 21.4. The van der Waals surface area contributed by atoms with Crippen molar-refractivity contribution < 1.29 is 66.9 Å². The maximum absolute atomic E-state index is 13.9. The minimum atomic E-state index is -0.480. The number of aromatic hydroxyl groups is 3. The topological polar surface area (TPSA) is 177 Å². The fraction of sp³-hybridized carbons (Fsp3) is 0.284. The number of phenols is 3. The number of halogens is 2. The lowest BCUT2D eigenvalue weighted by atomic mass is 9.97. The summed E-state index contributed by atoms with van der Waals surface area (Å²) in [5.41, 5.74) is 3.39. The van der Waals surface area contributed by atoms with Crippen molar-refractivity contribution >= 4 is 81.6 Å². The standard InChI is InChI=1S/C31H32FNO4S.C29H29NO4S.C28H26FNO4S/c1-4-21-11-12-33(18-21)13-14-36-24-6-8-25(9-7-24)37-30-26-10-5-23(34)17-27(26)38-31(30)29(35)28-19(2)15-22(32)16-20(28)3;1-20-7-3-4-8-24(20)27(32)29-28(25-14-9-21(31)19-26(25)35-29)34-23-12-10-22(11-13-23)33-18-17-30-15-5-2-6-16-30;1-2-18-16-30(17-18)12-13-33-22-7-9-23(10-8-22)34-27-24-11-6-21(31)15-25(24)35-28(27)26(32)19-4-3-5-20(29)14-19/h5-10,15-17,21,34H,4,11-14,18H2,1-3H3;3-4,7-14,19,31H,2,5-6,15-18H2,1H3;3-11,14-15,18,31H,2,12-13,16-17H2,1H3/t21-;;/m0../s1. The number of hydrogen-bond donors (Lipinski definition) is 3. The van der Waals surface area contributed by atoms with Gasteiger partial charge in [-0.25, -0.2) is 8.78 Å². The van der Waals surface area contributed by atoms with E-state index in [0.717, 1.165) is 114 Å². The molecule has 15 nitrogen and oxygen atoms in total. The van der Waals surface area contributed by atoms with Crippen LogP contribution in [-0.4, -0.2) is 126 Å². The normalized spacial score (nSPS) is 14.7. The highest BCUT2D eigenvalue weighted by atomic mass is 32.1. The minimum absolute atomic E-state index is 0.0866. The van der Waals surface area contributed by atoms with E-state index >= 15 is 0 Å². The Kier molecular flexibility index (Phi) is 24.8. The number of rotatable bonds is 26. The summed E-state index contributed by atoms with van der Waals surface area (Å²) >= 11 is 3.79. The van der Waals surface area contributed by atoms with Crippen molar-refractivity contribution in [2.24, 2.45) is 11.8 Å². The third-order valence-electron chi connectivity index (χ3n) is 19.9. The van der Waals surface area contributed by atoms with E-state index in [4.69, 9.17) is 28.4 Å². The van der Waals surface area contributed by atoms with Crippen molar-refractivity contribution in [1.82, 2.24) is 14.7 Å². The number of thiophene rings is 3. The third-order valence-corrected chi connectivity index (χ3v) is 23.3. The van der Waals surface area contributed by atoms with E-state index in [1.54, 1.807) is 86.6 Å². The van der Waals surface area contributed by atoms with Gasteiger partial charge in [-0.1, -0.05) is 69.5 Å². The molecule has 558 valence electrons. The quantitative estimate of drug-likeness (QED) is 0.0436. The fourth-order valence-electron chi connectivity index (χ4n) is 13.8. The van der Waals surface area contributed by atoms with Crippen molar-refractivity contribution in [1.29, 1.82) is 0 Å². The molecule has 12 aromatic rings. The van der Waals surface area contributed by atoms with Crippen LogP contribution < -0.4 is 28.4 Å². The van der Waals surface area contributed by atoms with Crippen LogP contribution in [0, 0.1) is 44.2 Å². The molecular formula is C88H87F2N3O12S3. The molecule has 9 aromatic carbocycles. The zero-order valence-corrected chi connectivity index (χ0v) is 63.6. The van der Waals surface area contributed by atoms with Crippen LogP contribution in [0.25, 0.3) is 30.3 Å². The molecule has 3 fully saturated rings. The molecule has 0 spiro atoms. The number of likely N-dealkylation sites (tertiary alicyclic amines) is 3. The van der Waals surface area contributed by atoms with E-state index < -0.39 is 5.82 Å². The molecule has 20 heteroatoms. The molecule has 15 rings (SSSR count). The van der Waals surface area contributed by atoms with Gasteiger partial charge in [-0.15, -0.1) is 34.0 Å². The van der Waals surface area contributed by atoms with Crippen LogP contribution in [0.2, 0.25) is 0 Å². The van der Waals surface area contributed by atoms with Crippen molar-refractivity contribution in [2.45, 2.75) is 73.1 Å². The first-order valence-electron chi connectivity index (χ1n) is 36.8. The van der Waals surface area contributed by atoms with E-state index in [1.165, 1.54) is 103 Å². The monoisotopic (exact) mass is 1510 g/mol. The Morgan fingerprint density at radius 1 is 0.417 bits per heavy atom. The zero-order chi connectivity index (χ0) is 75.4. The highest BCUT2D eigenvalue weighted by Gasteiger charge is 2.29. The van der Waals surface area contributed by atoms with Crippen LogP contribution in [-0.2, 0) is 0 Å². The predicted molar refractivity (Wildman–Crippen MR) is 426 cm³/mol. The molecule has 6 heterocycles. The van der Waals surface area contributed by atoms with E-state index in [1.807, 2.05) is 91.9 Å². The molecule has 3 aliphatic heterocycles. The van der Waals surface area contributed by atoms with Gasteiger partial charge in [0.25, 0.3) is 0 Å². The number of aryl methyl sites for hydroxylation is 3. The van der Waals surface area contributed by atoms with Gasteiger partial charge in [0.1, 0.15) is 97.8 Å². The lowest BCUT2D eigenvalue weighted by Gasteiger charge is -2.38. The van der Waals surface area contributed by atoms with Gasteiger partial charge in [0.15, 0.2) is 17.2 Å². The maximum atomic E-state index is 13.9. The van der Waals surface area contributed by atoms with Gasteiger partial charge < -0.3 is 43.7 Å². The molecule has 3 N–H and O–H groups in total. The summed E-state index contributed by atoms with van der Waals surface area (Å²) in [6, 6.07) is 52.9. The zero-order valence-electron chi connectivity index (χ0n) is 61.1. The summed E-state index contributed by atoms with van der Waals surface area (Å²) in [6.07, 6.45) is 7.61. The number of carbonyl (C=O) groups excluding carboxylic acids is 3. The molecular weight excluding hydrogens is 1430 g/mol. The Bertz CT molecular complexity index is 5120. The molecule has 0 amide bonds. The third kappa shape index (κ3) is 18.7.